The van der Waals surface area contributed by atoms with Gasteiger partial charge in [-0.25, -0.2) is 0 Å². The molecule has 0 N–H and O–H groups in total. The highest BCUT2D eigenvalue weighted by atomic mass is 35.5. The van der Waals surface area contributed by atoms with Crippen LogP contribution in [0, 0.1) is 6.07 Å². The molecular weight excluding hydrogens is 164 g/mol. The van der Waals surface area contributed by atoms with Gasteiger partial charge in [0.05, 0.1) is 0 Å². The number of rotatable bonds is 0. The molecule has 0 saturated carbocycles. The summed E-state index contributed by atoms with van der Waals surface area (Å²) in [7, 11) is 0. The topological polar surface area (TPSA) is 0 Å². The first-order chi connectivity index (χ1) is 4.86. The lowest BCUT2D eigenvalue weighted by molar-refractivity contribution is 1.82. The van der Waals surface area contributed by atoms with E-state index in [2.05, 4.69) is 17.5 Å². The first-order valence-electron chi connectivity index (χ1n) is 2.91. The second-order valence-corrected chi connectivity index (χ2v) is 3.38. The highest BCUT2D eigenvalue weighted by molar-refractivity contribution is 7.17. The van der Waals surface area contributed by atoms with Crippen molar-refractivity contribution in [2.24, 2.45) is 0 Å². The summed E-state index contributed by atoms with van der Waals surface area (Å²) in [6, 6.07) is 8.83. The van der Waals surface area contributed by atoms with Crippen molar-refractivity contribution < 1.29 is 0 Å². The van der Waals surface area contributed by atoms with Crippen molar-refractivity contribution >= 4 is 33.0 Å². The number of hydrogen-bond donors (Lipinski definition) is 0. The summed E-state index contributed by atoms with van der Waals surface area (Å²) in [4.78, 5) is 0. The SMILES string of the molecule is Clc1[c]cc2sccc2c1. The van der Waals surface area contributed by atoms with Crippen LogP contribution < -0.4 is 0 Å². The number of fused-ring (bicyclic) bond motifs is 1. The number of hydrogen-bond acceptors (Lipinski definition) is 1. The minimum absolute atomic E-state index is 0.686. The van der Waals surface area contributed by atoms with Gasteiger partial charge in [0.2, 0.25) is 0 Å². The molecule has 0 spiro atoms. The van der Waals surface area contributed by atoms with Crippen LogP contribution in [0.5, 0.6) is 0 Å². The molecule has 0 atom stereocenters. The molecule has 0 saturated heterocycles. The van der Waals surface area contributed by atoms with E-state index in [1.165, 1.54) is 10.1 Å². The molecule has 0 aliphatic rings. The maximum Gasteiger partial charge on any atom is 0.0491 e. The first-order valence-corrected chi connectivity index (χ1v) is 4.16. The molecule has 0 aliphatic carbocycles. The molecule has 1 heterocycles. The Morgan fingerprint density at radius 1 is 1.50 bits per heavy atom. The molecule has 1 aromatic heterocycles. The van der Waals surface area contributed by atoms with E-state index in [1.54, 1.807) is 11.3 Å². The lowest BCUT2D eigenvalue weighted by atomic mass is 10.3. The maximum absolute atomic E-state index is 5.72. The van der Waals surface area contributed by atoms with Crippen LogP contribution in [-0.2, 0) is 0 Å². The van der Waals surface area contributed by atoms with Crippen LogP contribution in [0.15, 0.2) is 23.6 Å². The van der Waals surface area contributed by atoms with Crippen LogP contribution in [0.3, 0.4) is 0 Å². The molecule has 0 nitrogen and oxygen atoms in total. The average molecular weight is 168 g/mol. The van der Waals surface area contributed by atoms with E-state index in [0.717, 1.165) is 0 Å². The third kappa shape index (κ3) is 0.917. The minimum Gasteiger partial charge on any atom is -0.144 e. The smallest absolute Gasteiger partial charge is 0.0491 e. The number of halogens is 1. The van der Waals surface area contributed by atoms with Crippen LogP contribution in [-0.4, -0.2) is 0 Å². The van der Waals surface area contributed by atoms with Crippen LogP contribution in [0.4, 0.5) is 0 Å². The Morgan fingerprint density at radius 3 is 3.30 bits per heavy atom. The van der Waals surface area contributed by atoms with Crippen molar-refractivity contribution in [3.8, 4) is 0 Å². The fourth-order valence-corrected chi connectivity index (χ4v) is 1.80. The lowest BCUT2D eigenvalue weighted by Crippen LogP contribution is -1.62. The van der Waals surface area contributed by atoms with Gasteiger partial charge in [-0.15, -0.1) is 11.3 Å². The van der Waals surface area contributed by atoms with Gasteiger partial charge in [0.25, 0.3) is 0 Å². The summed E-state index contributed by atoms with van der Waals surface area (Å²) in [5.41, 5.74) is 0. The molecule has 2 aromatic rings. The summed E-state index contributed by atoms with van der Waals surface area (Å²) in [5, 5.41) is 3.94. The number of thiophene rings is 1. The van der Waals surface area contributed by atoms with Gasteiger partial charge in [-0.3, -0.25) is 0 Å². The molecule has 1 aromatic carbocycles. The molecular formula is C8H4ClS. The molecule has 10 heavy (non-hydrogen) atoms. The summed E-state index contributed by atoms with van der Waals surface area (Å²) in [6.07, 6.45) is 0. The van der Waals surface area contributed by atoms with E-state index in [9.17, 15) is 0 Å². The largest absolute Gasteiger partial charge is 0.144 e. The van der Waals surface area contributed by atoms with Crippen LogP contribution in [0.2, 0.25) is 5.02 Å². The second kappa shape index (κ2) is 2.26. The van der Waals surface area contributed by atoms with E-state index < -0.39 is 0 Å². The van der Waals surface area contributed by atoms with Crippen molar-refractivity contribution in [1.82, 2.24) is 0 Å². The summed E-state index contributed by atoms with van der Waals surface area (Å²) in [6.45, 7) is 0. The zero-order valence-corrected chi connectivity index (χ0v) is 6.67. The molecule has 0 unspecified atom stereocenters. The van der Waals surface area contributed by atoms with Crippen molar-refractivity contribution in [3.63, 3.8) is 0 Å². The minimum atomic E-state index is 0.686. The quantitative estimate of drug-likeness (QED) is 0.565. The summed E-state index contributed by atoms with van der Waals surface area (Å²) < 4.78 is 1.24. The average Bonchev–Trinajstić information content (AvgIpc) is 2.33. The van der Waals surface area contributed by atoms with Gasteiger partial charge >= 0.3 is 0 Å². The zero-order valence-electron chi connectivity index (χ0n) is 5.10. The maximum atomic E-state index is 5.72. The molecule has 49 valence electrons. The van der Waals surface area contributed by atoms with Crippen molar-refractivity contribution in [2.75, 3.05) is 0 Å². The Morgan fingerprint density at radius 2 is 2.40 bits per heavy atom. The standard InChI is InChI=1S/C8H4ClS/c9-7-1-2-8-6(5-7)3-4-10-8/h2-5H. The Balaban J connectivity index is 2.86. The normalized spacial score (nSPS) is 10.5. The van der Waals surface area contributed by atoms with Gasteiger partial charge < -0.3 is 0 Å². The first kappa shape index (κ1) is 6.20. The van der Waals surface area contributed by atoms with Gasteiger partial charge in [0.15, 0.2) is 0 Å². The number of benzene rings is 1. The van der Waals surface area contributed by atoms with E-state index in [4.69, 9.17) is 11.6 Å². The van der Waals surface area contributed by atoms with E-state index in [-0.39, 0.29) is 0 Å². The van der Waals surface area contributed by atoms with Gasteiger partial charge in [-0.05, 0) is 29.0 Å². The van der Waals surface area contributed by atoms with E-state index >= 15 is 0 Å². The van der Waals surface area contributed by atoms with Gasteiger partial charge in [-0.1, -0.05) is 11.6 Å². The second-order valence-electron chi connectivity index (χ2n) is 2.02. The van der Waals surface area contributed by atoms with Crippen molar-refractivity contribution in [1.29, 1.82) is 0 Å². The zero-order chi connectivity index (χ0) is 6.97. The van der Waals surface area contributed by atoms with Crippen LogP contribution in [0.1, 0.15) is 0 Å². The van der Waals surface area contributed by atoms with Gasteiger partial charge in [0.1, 0.15) is 0 Å². The van der Waals surface area contributed by atoms with Crippen molar-refractivity contribution in [3.05, 3.63) is 34.7 Å². The molecule has 0 aliphatic heterocycles. The highest BCUT2D eigenvalue weighted by Gasteiger charge is 1.93. The van der Waals surface area contributed by atoms with E-state index in [1.807, 2.05) is 12.1 Å². The highest BCUT2D eigenvalue weighted by Crippen LogP contribution is 2.23. The van der Waals surface area contributed by atoms with Crippen LogP contribution >= 0.6 is 22.9 Å². The Labute approximate surface area is 68.1 Å². The van der Waals surface area contributed by atoms with E-state index in [0.29, 0.717) is 5.02 Å². The molecule has 0 bridgehead atoms. The Bertz CT molecular complexity index is 351. The third-order valence-corrected chi connectivity index (χ3v) is 2.45. The Hall–Kier alpha value is -0.530. The molecule has 0 amide bonds. The van der Waals surface area contributed by atoms with Gasteiger partial charge in [0, 0.05) is 15.8 Å². The summed E-state index contributed by atoms with van der Waals surface area (Å²) in [5.74, 6) is 0. The molecule has 0 fully saturated rings. The Kier molecular flexibility index (Phi) is 1.40. The third-order valence-electron chi connectivity index (χ3n) is 1.35. The van der Waals surface area contributed by atoms with Crippen LogP contribution in [0.25, 0.3) is 10.1 Å². The molecule has 2 heteroatoms. The summed E-state index contributed by atoms with van der Waals surface area (Å²) >= 11 is 7.43. The molecule has 1 radical (unpaired) electrons. The monoisotopic (exact) mass is 167 g/mol. The lowest BCUT2D eigenvalue weighted by Gasteiger charge is -1.87. The van der Waals surface area contributed by atoms with Crippen molar-refractivity contribution in [2.45, 2.75) is 0 Å². The van der Waals surface area contributed by atoms with Gasteiger partial charge in [-0.2, -0.15) is 0 Å². The fourth-order valence-electron chi connectivity index (χ4n) is 0.880. The molecule has 2 rings (SSSR count). The predicted molar refractivity (Wildman–Crippen MR) is 45.7 cm³/mol. The predicted octanol–water partition coefficient (Wildman–Crippen LogP) is 3.35. The fraction of sp³-hybridized carbons (Fsp3) is 0.